The lowest BCUT2D eigenvalue weighted by molar-refractivity contribution is 0.483. The van der Waals surface area contributed by atoms with Crippen LogP contribution in [0.1, 0.15) is 5.56 Å². The van der Waals surface area contributed by atoms with Crippen molar-refractivity contribution in [3.63, 3.8) is 0 Å². The number of rotatable bonds is 5. The SMILES string of the molecule is N#C/C(=C\Nc1ccc(Oc2ccccc2)cc1)c1ccsc1. The second-order valence-electron chi connectivity index (χ2n) is 4.77. The van der Waals surface area contributed by atoms with Crippen LogP contribution in [0.3, 0.4) is 0 Å². The van der Waals surface area contributed by atoms with Gasteiger partial charge in [0.1, 0.15) is 17.6 Å². The summed E-state index contributed by atoms with van der Waals surface area (Å²) in [6.07, 6.45) is 1.72. The number of anilines is 1. The molecule has 0 radical (unpaired) electrons. The van der Waals surface area contributed by atoms with E-state index < -0.39 is 0 Å². The molecule has 23 heavy (non-hydrogen) atoms. The minimum absolute atomic E-state index is 0.607. The number of para-hydroxylation sites is 1. The zero-order chi connectivity index (χ0) is 15.9. The van der Waals surface area contributed by atoms with Crippen molar-refractivity contribution in [3.05, 3.63) is 83.2 Å². The Bertz CT molecular complexity index is 816. The number of hydrogen-bond acceptors (Lipinski definition) is 4. The van der Waals surface area contributed by atoms with Gasteiger partial charge < -0.3 is 10.1 Å². The Morgan fingerprint density at radius 1 is 1.00 bits per heavy atom. The van der Waals surface area contributed by atoms with E-state index >= 15 is 0 Å². The Hall–Kier alpha value is -3.03. The van der Waals surface area contributed by atoms with Gasteiger partial charge in [-0.2, -0.15) is 16.6 Å². The van der Waals surface area contributed by atoms with Crippen LogP contribution in [0.15, 0.2) is 77.6 Å². The van der Waals surface area contributed by atoms with Gasteiger partial charge in [-0.05, 0) is 53.2 Å². The largest absolute Gasteiger partial charge is 0.457 e. The molecule has 1 N–H and O–H groups in total. The molecule has 0 amide bonds. The van der Waals surface area contributed by atoms with Crippen LogP contribution in [0.5, 0.6) is 11.5 Å². The molecule has 1 aromatic heterocycles. The highest BCUT2D eigenvalue weighted by atomic mass is 32.1. The van der Waals surface area contributed by atoms with Gasteiger partial charge in [-0.3, -0.25) is 0 Å². The predicted octanol–water partition coefficient (Wildman–Crippen LogP) is 5.52. The number of benzene rings is 2. The molecular formula is C19H14N2OS. The summed E-state index contributed by atoms with van der Waals surface area (Å²) in [5, 5.41) is 16.3. The highest BCUT2D eigenvalue weighted by Crippen LogP contribution is 2.23. The van der Waals surface area contributed by atoms with Crippen molar-refractivity contribution in [2.24, 2.45) is 0 Å². The minimum atomic E-state index is 0.607. The third-order valence-electron chi connectivity index (χ3n) is 3.17. The fourth-order valence-corrected chi connectivity index (χ4v) is 2.65. The van der Waals surface area contributed by atoms with E-state index in [2.05, 4.69) is 11.4 Å². The molecule has 0 atom stereocenters. The molecular weight excluding hydrogens is 304 g/mol. The quantitative estimate of drug-likeness (QED) is 0.630. The van der Waals surface area contributed by atoms with E-state index in [1.54, 1.807) is 17.5 Å². The van der Waals surface area contributed by atoms with Gasteiger partial charge in [-0.25, -0.2) is 0 Å². The van der Waals surface area contributed by atoms with Gasteiger partial charge in [0.05, 0.1) is 5.57 Å². The molecule has 3 rings (SSSR count). The fourth-order valence-electron chi connectivity index (χ4n) is 2.00. The third-order valence-corrected chi connectivity index (χ3v) is 3.85. The number of nitrogens with one attached hydrogen (secondary N) is 1. The second kappa shape index (κ2) is 7.30. The van der Waals surface area contributed by atoms with Crippen molar-refractivity contribution in [2.75, 3.05) is 5.32 Å². The Morgan fingerprint density at radius 2 is 1.74 bits per heavy atom. The Balaban J connectivity index is 1.67. The standard InChI is InChI=1S/C19H14N2OS/c20-12-16(15-10-11-23-14-15)13-21-17-6-8-19(9-7-17)22-18-4-2-1-3-5-18/h1-11,13-14,21H/b16-13+. The Labute approximate surface area is 139 Å². The highest BCUT2D eigenvalue weighted by Gasteiger charge is 2.01. The van der Waals surface area contributed by atoms with Crippen LogP contribution < -0.4 is 10.1 Å². The van der Waals surface area contributed by atoms with Crippen molar-refractivity contribution < 1.29 is 4.74 Å². The van der Waals surface area contributed by atoms with Gasteiger partial charge in [0, 0.05) is 17.5 Å². The lowest BCUT2D eigenvalue weighted by Crippen LogP contribution is -1.90. The van der Waals surface area contributed by atoms with Crippen LogP contribution in [0.4, 0.5) is 5.69 Å². The molecule has 4 heteroatoms. The lowest BCUT2D eigenvalue weighted by atomic mass is 10.2. The number of allylic oxidation sites excluding steroid dienone is 1. The van der Waals surface area contributed by atoms with Gasteiger partial charge in [-0.15, -0.1) is 0 Å². The molecule has 0 aliphatic rings. The molecule has 0 unspecified atom stereocenters. The van der Waals surface area contributed by atoms with E-state index in [1.807, 2.05) is 71.4 Å². The maximum absolute atomic E-state index is 9.21. The molecule has 0 aliphatic carbocycles. The third kappa shape index (κ3) is 4.00. The van der Waals surface area contributed by atoms with Crippen molar-refractivity contribution in [3.8, 4) is 17.6 Å². The van der Waals surface area contributed by atoms with Gasteiger partial charge in [0.2, 0.25) is 0 Å². The first-order chi connectivity index (χ1) is 11.3. The van der Waals surface area contributed by atoms with Crippen LogP contribution >= 0.6 is 11.3 Å². The maximum atomic E-state index is 9.21. The number of nitrogens with zero attached hydrogens (tertiary/aromatic N) is 1. The molecule has 3 nitrogen and oxygen atoms in total. The average Bonchev–Trinajstić information content (AvgIpc) is 3.12. The van der Waals surface area contributed by atoms with Crippen LogP contribution in [-0.4, -0.2) is 0 Å². The van der Waals surface area contributed by atoms with Gasteiger partial charge in [0.15, 0.2) is 0 Å². The fraction of sp³-hybridized carbons (Fsp3) is 0. The number of nitriles is 1. The smallest absolute Gasteiger partial charge is 0.127 e. The first kappa shape index (κ1) is 14.9. The monoisotopic (exact) mass is 318 g/mol. The summed E-state index contributed by atoms with van der Waals surface area (Å²) < 4.78 is 5.74. The van der Waals surface area contributed by atoms with E-state index in [1.165, 1.54) is 0 Å². The van der Waals surface area contributed by atoms with Crippen molar-refractivity contribution in [1.82, 2.24) is 0 Å². The van der Waals surface area contributed by atoms with E-state index in [0.717, 1.165) is 22.7 Å². The maximum Gasteiger partial charge on any atom is 0.127 e. The Kier molecular flexibility index (Phi) is 4.72. The summed E-state index contributed by atoms with van der Waals surface area (Å²) in [7, 11) is 0. The first-order valence-electron chi connectivity index (χ1n) is 7.07. The molecule has 0 fully saturated rings. The summed E-state index contributed by atoms with van der Waals surface area (Å²) in [6, 6.07) is 21.4. The molecule has 0 bridgehead atoms. The summed E-state index contributed by atoms with van der Waals surface area (Å²) in [6.45, 7) is 0. The number of thiophene rings is 1. The van der Waals surface area contributed by atoms with Crippen molar-refractivity contribution in [1.29, 1.82) is 5.26 Å². The van der Waals surface area contributed by atoms with Gasteiger partial charge >= 0.3 is 0 Å². The second-order valence-corrected chi connectivity index (χ2v) is 5.55. The van der Waals surface area contributed by atoms with Gasteiger partial charge in [0.25, 0.3) is 0 Å². The summed E-state index contributed by atoms with van der Waals surface area (Å²) in [5.74, 6) is 1.57. The van der Waals surface area contributed by atoms with Crippen molar-refractivity contribution in [2.45, 2.75) is 0 Å². The normalized spacial score (nSPS) is 10.8. The summed E-state index contributed by atoms with van der Waals surface area (Å²) in [4.78, 5) is 0. The molecule has 0 spiro atoms. The molecule has 0 saturated heterocycles. The van der Waals surface area contributed by atoms with Crippen LogP contribution in [0.25, 0.3) is 5.57 Å². The van der Waals surface area contributed by atoms with E-state index in [9.17, 15) is 5.26 Å². The average molecular weight is 318 g/mol. The van der Waals surface area contributed by atoms with Crippen molar-refractivity contribution >= 4 is 22.6 Å². The molecule has 2 aromatic carbocycles. The summed E-state index contributed by atoms with van der Waals surface area (Å²) in [5.41, 5.74) is 2.43. The molecule has 0 saturated carbocycles. The number of hydrogen-bond donors (Lipinski definition) is 1. The lowest BCUT2D eigenvalue weighted by Gasteiger charge is -2.07. The number of ether oxygens (including phenoxy) is 1. The van der Waals surface area contributed by atoms with E-state index in [-0.39, 0.29) is 0 Å². The molecule has 112 valence electrons. The van der Waals surface area contributed by atoms with Crippen LogP contribution in [0, 0.1) is 11.3 Å². The minimum Gasteiger partial charge on any atom is -0.457 e. The van der Waals surface area contributed by atoms with E-state index in [4.69, 9.17) is 4.74 Å². The topological polar surface area (TPSA) is 45.0 Å². The van der Waals surface area contributed by atoms with E-state index in [0.29, 0.717) is 5.57 Å². The zero-order valence-electron chi connectivity index (χ0n) is 12.3. The molecule has 0 aliphatic heterocycles. The molecule has 3 aromatic rings. The zero-order valence-corrected chi connectivity index (χ0v) is 13.1. The van der Waals surface area contributed by atoms with Gasteiger partial charge in [-0.1, -0.05) is 18.2 Å². The first-order valence-corrected chi connectivity index (χ1v) is 8.02. The summed E-state index contributed by atoms with van der Waals surface area (Å²) >= 11 is 1.57. The Morgan fingerprint density at radius 3 is 2.39 bits per heavy atom. The predicted molar refractivity (Wildman–Crippen MR) is 94.5 cm³/mol. The van der Waals surface area contributed by atoms with Crippen LogP contribution in [-0.2, 0) is 0 Å². The van der Waals surface area contributed by atoms with Crippen LogP contribution in [0.2, 0.25) is 0 Å². The molecule has 1 heterocycles. The highest BCUT2D eigenvalue weighted by molar-refractivity contribution is 7.08.